The van der Waals surface area contributed by atoms with Crippen molar-refractivity contribution >= 4 is 17.4 Å². The Balaban J connectivity index is 1.99. The normalized spacial score (nSPS) is 17.4. The van der Waals surface area contributed by atoms with E-state index in [1.54, 1.807) is 0 Å². The van der Waals surface area contributed by atoms with Crippen LogP contribution in [0.3, 0.4) is 0 Å². The summed E-state index contributed by atoms with van der Waals surface area (Å²) in [4.78, 5) is 2.53. The number of nitrogens with two attached hydrogens (primary N) is 1. The highest BCUT2D eigenvalue weighted by molar-refractivity contribution is 7.99. The van der Waals surface area contributed by atoms with Crippen molar-refractivity contribution < 1.29 is 0 Å². The SMILES string of the molecule is CCSCC(C)N1Cc2ccc(N)cc2C1. The first-order valence-corrected chi connectivity index (χ1v) is 7.05. The molecular formula is C13H20N2S. The highest BCUT2D eigenvalue weighted by Gasteiger charge is 2.22. The largest absolute Gasteiger partial charge is 0.399 e. The van der Waals surface area contributed by atoms with Gasteiger partial charge in [-0.25, -0.2) is 0 Å². The molecule has 16 heavy (non-hydrogen) atoms. The van der Waals surface area contributed by atoms with E-state index >= 15 is 0 Å². The molecule has 1 aliphatic heterocycles. The minimum Gasteiger partial charge on any atom is -0.399 e. The maximum Gasteiger partial charge on any atom is 0.0317 e. The zero-order chi connectivity index (χ0) is 11.5. The van der Waals surface area contributed by atoms with Gasteiger partial charge in [0.15, 0.2) is 0 Å². The number of nitrogens with zero attached hydrogens (tertiary/aromatic N) is 1. The van der Waals surface area contributed by atoms with Gasteiger partial charge in [0.2, 0.25) is 0 Å². The van der Waals surface area contributed by atoms with Crippen molar-refractivity contribution in [1.82, 2.24) is 4.90 Å². The number of anilines is 1. The molecule has 0 bridgehead atoms. The van der Waals surface area contributed by atoms with Crippen molar-refractivity contribution in [3.63, 3.8) is 0 Å². The predicted octanol–water partition coefficient (Wildman–Crippen LogP) is 2.73. The second-order valence-electron chi connectivity index (χ2n) is 4.44. The standard InChI is InChI=1S/C13H20N2S/c1-3-16-9-10(2)15-7-11-4-5-13(14)6-12(11)8-15/h4-6,10H,3,7-9,14H2,1-2H3. The Morgan fingerprint density at radius 1 is 1.38 bits per heavy atom. The lowest BCUT2D eigenvalue weighted by Crippen LogP contribution is -2.29. The van der Waals surface area contributed by atoms with E-state index < -0.39 is 0 Å². The van der Waals surface area contributed by atoms with E-state index in [1.165, 1.54) is 22.6 Å². The van der Waals surface area contributed by atoms with Crippen LogP contribution in [0, 0.1) is 0 Å². The van der Waals surface area contributed by atoms with Crippen LogP contribution in [0.5, 0.6) is 0 Å². The molecule has 1 unspecified atom stereocenters. The molecule has 2 rings (SSSR count). The summed E-state index contributed by atoms with van der Waals surface area (Å²) in [7, 11) is 0. The fourth-order valence-corrected chi connectivity index (χ4v) is 2.93. The molecule has 1 aromatic carbocycles. The summed E-state index contributed by atoms with van der Waals surface area (Å²) in [5, 5.41) is 0. The fraction of sp³-hybridized carbons (Fsp3) is 0.538. The van der Waals surface area contributed by atoms with E-state index in [0.29, 0.717) is 6.04 Å². The quantitative estimate of drug-likeness (QED) is 0.815. The molecule has 0 aromatic heterocycles. The van der Waals surface area contributed by atoms with E-state index in [0.717, 1.165) is 18.8 Å². The lowest BCUT2D eigenvalue weighted by atomic mass is 10.1. The number of rotatable bonds is 4. The summed E-state index contributed by atoms with van der Waals surface area (Å²) in [6, 6.07) is 6.95. The van der Waals surface area contributed by atoms with Gasteiger partial charge in [0.05, 0.1) is 0 Å². The zero-order valence-electron chi connectivity index (χ0n) is 10.1. The van der Waals surface area contributed by atoms with Crippen LogP contribution in [0.15, 0.2) is 18.2 Å². The first-order chi connectivity index (χ1) is 7.70. The predicted molar refractivity (Wildman–Crippen MR) is 72.6 cm³/mol. The summed E-state index contributed by atoms with van der Waals surface area (Å²) in [6.07, 6.45) is 0. The van der Waals surface area contributed by atoms with E-state index in [4.69, 9.17) is 5.73 Å². The minimum atomic E-state index is 0.651. The second-order valence-corrected chi connectivity index (χ2v) is 5.76. The highest BCUT2D eigenvalue weighted by Crippen LogP contribution is 2.27. The van der Waals surface area contributed by atoms with Crippen LogP contribution in [-0.2, 0) is 13.1 Å². The third-order valence-electron chi connectivity index (χ3n) is 3.16. The summed E-state index contributed by atoms with van der Waals surface area (Å²) in [6.45, 7) is 6.68. The van der Waals surface area contributed by atoms with Crippen LogP contribution in [0.1, 0.15) is 25.0 Å². The van der Waals surface area contributed by atoms with Crippen molar-refractivity contribution in [3.8, 4) is 0 Å². The number of hydrogen-bond donors (Lipinski definition) is 1. The van der Waals surface area contributed by atoms with Gasteiger partial charge in [0.25, 0.3) is 0 Å². The van der Waals surface area contributed by atoms with Crippen LogP contribution in [0.2, 0.25) is 0 Å². The lowest BCUT2D eigenvalue weighted by molar-refractivity contribution is 0.231. The number of thioether (sulfide) groups is 1. The first kappa shape index (κ1) is 11.8. The van der Waals surface area contributed by atoms with E-state index in [-0.39, 0.29) is 0 Å². The van der Waals surface area contributed by atoms with Crippen LogP contribution in [0.25, 0.3) is 0 Å². The Labute approximate surface area is 102 Å². The van der Waals surface area contributed by atoms with E-state index in [1.807, 2.05) is 17.8 Å². The van der Waals surface area contributed by atoms with Crippen molar-refractivity contribution in [1.29, 1.82) is 0 Å². The molecule has 1 heterocycles. The molecule has 0 spiro atoms. The Morgan fingerprint density at radius 3 is 2.88 bits per heavy atom. The maximum atomic E-state index is 5.81. The van der Waals surface area contributed by atoms with Gasteiger partial charge in [0, 0.05) is 30.6 Å². The van der Waals surface area contributed by atoms with Crippen molar-refractivity contribution in [2.75, 3.05) is 17.2 Å². The maximum absolute atomic E-state index is 5.81. The molecule has 0 saturated carbocycles. The molecule has 0 amide bonds. The van der Waals surface area contributed by atoms with Crippen molar-refractivity contribution in [2.45, 2.75) is 33.0 Å². The first-order valence-electron chi connectivity index (χ1n) is 5.89. The average Bonchev–Trinajstić information content (AvgIpc) is 2.68. The molecule has 2 nitrogen and oxygen atoms in total. The molecule has 2 N–H and O–H groups in total. The Hall–Kier alpha value is -0.670. The zero-order valence-corrected chi connectivity index (χ0v) is 10.9. The van der Waals surface area contributed by atoms with Crippen LogP contribution in [-0.4, -0.2) is 22.4 Å². The van der Waals surface area contributed by atoms with Gasteiger partial charge in [-0.15, -0.1) is 0 Å². The van der Waals surface area contributed by atoms with E-state index in [2.05, 4.69) is 30.9 Å². The van der Waals surface area contributed by atoms with Crippen molar-refractivity contribution in [3.05, 3.63) is 29.3 Å². The molecular weight excluding hydrogens is 216 g/mol. The Morgan fingerprint density at radius 2 is 2.12 bits per heavy atom. The minimum absolute atomic E-state index is 0.651. The molecule has 0 aliphatic carbocycles. The van der Waals surface area contributed by atoms with Crippen molar-refractivity contribution in [2.24, 2.45) is 0 Å². The van der Waals surface area contributed by atoms with E-state index in [9.17, 15) is 0 Å². The monoisotopic (exact) mass is 236 g/mol. The average molecular weight is 236 g/mol. The second kappa shape index (κ2) is 5.11. The Kier molecular flexibility index (Phi) is 3.77. The highest BCUT2D eigenvalue weighted by atomic mass is 32.2. The summed E-state index contributed by atoms with van der Waals surface area (Å²) in [5.74, 6) is 2.43. The van der Waals surface area contributed by atoms with Gasteiger partial charge >= 0.3 is 0 Å². The Bertz CT molecular complexity index is 365. The number of benzene rings is 1. The molecule has 88 valence electrons. The van der Waals surface area contributed by atoms with Crippen LogP contribution in [0.4, 0.5) is 5.69 Å². The van der Waals surface area contributed by atoms with Gasteiger partial charge in [0.1, 0.15) is 0 Å². The van der Waals surface area contributed by atoms with Crippen LogP contribution < -0.4 is 5.73 Å². The third-order valence-corrected chi connectivity index (χ3v) is 4.29. The van der Waals surface area contributed by atoms with Gasteiger partial charge in [-0.05, 0) is 35.9 Å². The molecule has 1 atom stereocenters. The number of hydrogen-bond acceptors (Lipinski definition) is 3. The van der Waals surface area contributed by atoms with Crippen LogP contribution >= 0.6 is 11.8 Å². The summed E-state index contributed by atoms with van der Waals surface area (Å²) >= 11 is 2.02. The van der Waals surface area contributed by atoms with Gasteiger partial charge < -0.3 is 5.73 Å². The lowest BCUT2D eigenvalue weighted by Gasteiger charge is -2.23. The van der Waals surface area contributed by atoms with Gasteiger partial charge in [-0.2, -0.15) is 11.8 Å². The molecule has 1 aromatic rings. The summed E-state index contributed by atoms with van der Waals surface area (Å²) in [5.41, 5.74) is 9.55. The molecule has 0 fully saturated rings. The smallest absolute Gasteiger partial charge is 0.0317 e. The third kappa shape index (κ3) is 2.53. The van der Waals surface area contributed by atoms with Gasteiger partial charge in [-0.1, -0.05) is 13.0 Å². The molecule has 0 radical (unpaired) electrons. The fourth-order valence-electron chi connectivity index (χ4n) is 2.15. The molecule has 3 heteroatoms. The van der Waals surface area contributed by atoms with Gasteiger partial charge in [-0.3, -0.25) is 4.90 Å². The number of fused-ring (bicyclic) bond motifs is 1. The topological polar surface area (TPSA) is 29.3 Å². The number of nitrogen functional groups attached to an aromatic ring is 1. The molecule has 0 saturated heterocycles. The summed E-state index contributed by atoms with van der Waals surface area (Å²) < 4.78 is 0. The molecule has 1 aliphatic rings.